The topological polar surface area (TPSA) is 23.0 Å². The van der Waals surface area contributed by atoms with E-state index >= 15 is 0 Å². The van der Waals surface area contributed by atoms with E-state index in [0.29, 0.717) is 0 Å². The third kappa shape index (κ3) is 4.05. The van der Waals surface area contributed by atoms with Crippen LogP contribution in [0.1, 0.15) is 0 Å². The molecule has 9 aromatic carbocycles. The maximum Gasteiger partial charge on any atom is 0.159 e. The van der Waals surface area contributed by atoms with Crippen LogP contribution in [0, 0.1) is 0 Å². The molecule has 12 rings (SSSR count). The van der Waals surface area contributed by atoms with Gasteiger partial charge in [0.2, 0.25) is 0 Å². The Morgan fingerprint density at radius 3 is 1.64 bits per heavy atom. The van der Waals surface area contributed by atoms with Gasteiger partial charge in [-0.15, -0.1) is 0 Å². The van der Waals surface area contributed by atoms with E-state index in [2.05, 4.69) is 185 Å². The van der Waals surface area contributed by atoms with Gasteiger partial charge in [0.1, 0.15) is 5.58 Å². The van der Waals surface area contributed by atoms with Gasteiger partial charge >= 0.3 is 0 Å². The van der Waals surface area contributed by atoms with Crippen molar-refractivity contribution < 1.29 is 4.42 Å². The second-order valence-electron chi connectivity index (χ2n) is 14.1. The van der Waals surface area contributed by atoms with Crippen LogP contribution in [-0.2, 0) is 0 Å². The summed E-state index contributed by atoms with van der Waals surface area (Å²) in [5.74, 6) is 0. The molecule has 0 saturated carbocycles. The summed E-state index contributed by atoms with van der Waals surface area (Å²) < 4.78 is 11.4. The first-order valence-electron chi connectivity index (χ1n) is 18.2. The summed E-state index contributed by atoms with van der Waals surface area (Å²) in [5, 5.41) is 12.2. The molecule has 3 heterocycles. The van der Waals surface area contributed by atoms with E-state index in [1.54, 1.807) is 0 Å². The lowest BCUT2D eigenvalue weighted by atomic mass is 10.00. The molecule has 3 nitrogen and oxygen atoms in total. The molecule has 0 aliphatic rings. The summed E-state index contributed by atoms with van der Waals surface area (Å²) in [6, 6.07) is 66.1. The number of furan rings is 1. The largest absolute Gasteiger partial charge is 0.454 e. The van der Waals surface area contributed by atoms with E-state index in [-0.39, 0.29) is 0 Å². The Balaban J connectivity index is 1.10. The molecule has 0 unspecified atom stereocenters. The molecule has 0 aliphatic carbocycles. The highest BCUT2D eigenvalue weighted by atomic mass is 16.3. The zero-order chi connectivity index (χ0) is 34.6. The van der Waals surface area contributed by atoms with E-state index in [0.717, 1.165) is 38.7 Å². The molecule has 0 saturated heterocycles. The van der Waals surface area contributed by atoms with Gasteiger partial charge in [0.15, 0.2) is 5.58 Å². The molecular formula is C50H30N2O. The van der Waals surface area contributed by atoms with E-state index in [4.69, 9.17) is 4.42 Å². The van der Waals surface area contributed by atoms with Gasteiger partial charge in [-0.1, -0.05) is 121 Å². The summed E-state index contributed by atoms with van der Waals surface area (Å²) in [5.41, 5.74) is 11.2. The minimum Gasteiger partial charge on any atom is -0.454 e. The maximum atomic E-state index is 6.54. The Kier molecular flexibility index (Phi) is 5.77. The number of hydrogen-bond donors (Lipinski definition) is 0. The van der Waals surface area contributed by atoms with Crippen LogP contribution in [0.2, 0.25) is 0 Å². The molecule has 0 bridgehead atoms. The number of nitrogens with zero attached hydrogens (tertiary/aromatic N) is 2. The monoisotopic (exact) mass is 674 g/mol. The van der Waals surface area contributed by atoms with Gasteiger partial charge in [0.25, 0.3) is 0 Å². The summed E-state index contributed by atoms with van der Waals surface area (Å²) in [7, 11) is 0. The van der Waals surface area contributed by atoms with Crippen LogP contribution in [0.3, 0.4) is 0 Å². The Labute approximate surface area is 304 Å². The molecule has 12 aromatic rings. The van der Waals surface area contributed by atoms with Gasteiger partial charge in [-0.3, -0.25) is 0 Å². The van der Waals surface area contributed by atoms with Crippen molar-refractivity contribution in [1.29, 1.82) is 0 Å². The number of para-hydroxylation sites is 3. The first-order chi connectivity index (χ1) is 26.3. The first kappa shape index (κ1) is 28.6. The number of fused-ring (bicyclic) bond motifs is 11. The standard InChI is InChI=1S/C50H30N2O/c1-2-13-33-30-48-42(27-32(33)12-1)41-29-35(24-26-46(41)52(48)43-20-9-14-31-11-3-4-15-36(31)43)34-23-25-45-40(28-34)37-16-5-7-19-44(37)51(45)47-21-10-18-39-38-17-6-8-22-49(38)53-50(39)47/h1-30H. The molecule has 3 heteroatoms. The summed E-state index contributed by atoms with van der Waals surface area (Å²) in [6.45, 7) is 0. The fraction of sp³-hybridized carbons (Fsp3) is 0. The van der Waals surface area contributed by atoms with Gasteiger partial charge in [-0.2, -0.15) is 0 Å². The molecule has 0 atom stereocenters. The molecule has 0 radical (unpaired) electrons. The molecular weight excluding hydrogens is 645 g/mol. The second kappa shape index (κ2) is 10.7. The third-order valence-corrected chi connectivity index (χ3v) is 11.3. The zero-order valence-corrected chi connectivity index (χ0v) is 28.6. The number of hydrogen-bond acceptors (Lipinski definition) is 1. The average molecular weight is 675 g/mol. The van der Waals surface area contributed by atoms with Crippen LogP contribution in [0.5, 0.6) is 0 Å². The highest BCUT2D eigenvalue weighted by Gasteiger charge is 2.20. The summed E-state index contributed by atoms with van der Waals surface area (Å²) in [6.07, 6.45) is 0. The predicted molar refractivity (Wildman–Crippen MR) is 223 cm³/mol. The normalized spacial score (nSPS) is 12.2. The minimum atomic E-state index is 0.904. The van der Waals surface area contributed by atoms with Crippen molar-refractivity contribution in [3.8, 4) is 22.5 Å². The van der Waals surface area contributed by atoms with Gasteiger partial charge in [0.05, 0.1) is 33.4 Å². The number of rotatable bonds is 3. The predicted octanol–water partition coefficient (Wildman–Crippen LogP) is 13.8. The van der Waals surface area contributed by atoms with Crippen LogP contribution in [0.15, 0.2) is 186 Å². The Bertz CT molecular complexity index is 3460. The van der Waals surface area contributed by atoms with Crippen molar-refractivity contribution >= 4 is 87.1 Å². The Hall–Kier alpha value is -7.10. The fourth-order valence-corrected chi connectivity index (χ4v) is 8.87. The Morgan fingerprint density at radius 1 is 0.302 bits per heavy atom. The average Bonchev–Trinajstić information content (AvgIpc) is 3.87. The lowest BCUT2D eigenvalue weighted by Crippen LogP contribution is -1.95. The fourth-order valence-electron chi connectivity index (χ4n) is 8.87. The molecule has 246 valence electrons. The summed E-state index contributed by atoms with van der Waals surface area (Å²) in [4.78, 5) is 0. The molecule has 53 heavy (non-hydrogen) atoms. The third-order valence-electron chi connectivity index (χ3n) is 11.3. The smallest absolute Gasteiger partial charge is 0.159 e. The van der Waals surface area contributed by atoms with Crippen molar-refractivity contribution in [2.24, 2.45) is 0 Å². The van der Waals surface area contributed by atoms with Crippen LogP contribution in [-0.4, -0.2) is 9.13 Å². The molecule has 0 N–H and O–H groups in total. The molecule has 0 spiro atoms. The van der Waals surface area contributed by atoms with Crippen molar-refractivity contribution in [3.63, 3.8) is 0 Å². The lowest BCUT2D eigenvalue weighted by molar-refractivity contribution is 0.666. The van der Waals surface area contributed by atoms with Crippen LogP contribution < -0.4 is 0 Å². The highest BCUT2D eigenvalue weighted by Crippen LogP contribution is 2.42. The van der Waals surface area contributed by atoms with Gasteiger partial charge in [0, 0.05) is 37.7 Å². The van der Waals surface area contributed by atoms with Gasteiger partial charge in [-0.25, -0.2) is 0 Å². The molecule has 3 aromatic heterocycles. The maximum absolute atomic E-state index is 6.54. The highest BCUT2D eigenvalue weighted by molar-refractivity contribution is 6.17. The van der Waals surface area contributed by atoms with Gasteiger partial charge < -0.3 is 13.6 Å². The number of aromatic nitrogens is 2. The second-order valence-corrected chi connectivity index (χ2v) is 14.1. The lowest BCUT2D eigenvalue weighted by Gasteiger charge is -2.12. The Morgan fingerprint density at radius 2 is 0.830 bits per heavy atom. The van der Waals surface area contributed by atoms with E-state index in [1.165, 1.54) is 70.9 Å². The van der Waals surface area contributed by atoms with Crippen molar-refractivity contribution in [2.45, 2.75) is 0 Å². The van der Waals surface area contributed by atoms with Crippen LogP contribution in [0.25, 0.3) is 110 Å². The first-order valence-corrected chi connectivity index (χ1v) is 18.2. The van der Waals surface area contributed by atoms with Gasteiger partial charge in [-0.05, 0) is 87.9 Å². The SMILES string of the molecule is c1ccc2cc3c(cc2c1)c1cc(-c2ccc4c(c2)c2ccccc2n4-c2cccc4c2oc2ccccc24)ccc1n3-c1cccc2ccccc12. The van der Waals surface area contributed by atoms with Crippen molar-refractivity contribution in [2.75, 3.05) is 0 Å². The minimum absolute atomic E-state index is 0.904. The van der Waals surface area contributed by atoms with Crippen LogP contribution >= 0.6 is 0 Å². The van der Waals surface area contributed by atoms with Crippen LogP contribution in [0.4, 0.5) is 0 Å². The van der Waals surface area contributed by atoms with Crippen molar-refractivity contribution in [3.05, 3.63) is 182 Å². The van der Waals surface area contributed by atoms with Crippen molar-refractivity contribution in [1.82, 2.24) is 9.13 Å². The molecule has 0 amide bonds. The summed E-state index contributed by atoms with van der Waals surface area (Å²) >= 11 is 0. The zero-order valence-electron chi connectivity index (χ0n) is 28.6. The number of benzene rings is 9. The van der Waals surface area contributed by atoms with E-state index in [1.807, 2.05) is 6.07 Å². The molecule has 0 aliphatic heterocycles. The molecule has 0 fully saturated rings. The van der Waals surface area contributed by atoms with E-state index in [9.17, 15) is 0 Å². The quantitative estimate of drug-likeness (QED) is 0.183. The van der Waals surface area contributed by atoms with E-state index < -0.39 is 0 Å².